The lowest BCUT2D eigenvalue weighted by Gasteiger charge is -2.22. The molecule has 0 saturated heterocycles. The minimum atomic E-state index is -0.375. The Labute approximate surface area is 92.3 Å². The van der Waals surface area contributed by atoms with Gasteiger partial charge in [-0.2, -0.15) is 0 Å². The van der Waals surface area contributed by atoms with Crippen LogP contribution in [0.4, 0.5) is 0 Å². The van der Waals surface area contributed by atoms with Gasteiger partial charge in [-0.3, -0.25) is 4.79 Å². The van der Waals surface area contributed by atoms with Crippen LogP contribution in [0, 0.1) is 0 Å². The van der Waals surface area contributed by atoms with E-state index in [1.165, 1.54) is 0 Å². The van der Waals surface area contributed by atoms with Crippen molar-refractivity contribution in [2.75, 3.05) is 14.2 Å². The number of carbonyl (C=O) groups excluding carboxylic acids is 1. The summed E-state index contributed by atoms with van der Waals surface area (Å²) in [4.78, 5) is 11.4. The molecule has 0 aliphatic heterocycles. The Morgan fingerprint density at radius 3 is 2.33 bits per heavy atom. The van der Waals surface area contributed by atoms with E-state index < -0.39 is 0 Å². The Hall–Kier alpha value is -0.610. The Morgan fingerprint density at radius 1 is 1.27 bits per heavy atom. The van der Waals surface area contributed by atoms with Crippen molar-refractivity contribution in [1.29, 1.82) is 0 Å². The van der Waals surface area contributed by atoms with Crippen molar-refractivity contribution in [2.24, 2.45) is 0 Å². The number of rotatable bonds is 8. The molecule has 90 valence electrons. The van der Waals surface area contributed by atoms with Crippen molar-refractivity contribution in [3.8, 4) is 0 Å². The van der Waals surface area contributed by atoms with E-state index in [0.29, 0.717) is 6.42 Å². The molecule has 0 aromatic carbocycles. The van der Waals surface area contributed by atoms with E-state index in [1.54, 1.807) is 14.2 Å². The maximum absolute atomic E-state index is 11.4. The number of unbranched alkanes of at least 4 members (excludes halogenated alkanes) is 2. The number of hydrogen-bond donors (Lipinski definition) is 1. The lowest BCUT2D eigenvalue weighted by atomic mass is 10.2. The number of amides is 1. The largest absolute Gasteiger partial charge is 0.354 e. The average molecular weight is 217 g/mol. The SMILES string of the molecule is CCCCCC(=O)NC(C)C(OC)OC. The van der Waals surface area contributed by atoms with E-state index in [4.69, 9.17) is 9.47 Å². The number of ether oxygens (including phenoxy) is 2. The third-order valence-corrected chi connectivity index (χ3v) is 2.27. The normalized spacial score (nSPS) is 12.9. The standard InChI is InChI=1S/C11H23NO3/c1-5-6-7-8-10(13)12-9(2)11(14-3)15-4/h9,11H,5-8H2,1-4H3,(H,12,13). The van der Waals surface area contributed by atoms with Gasteiger partial charge in [0.2, 0.25) is 5.91 Å². The van der Waals surface area contributed by atoms with Gasteiger partial charge in [-0.15, -0.1) is 0 Å². The first kappa shape index (κ1) is 14.4. The zero-order valence-electron chi connectivity index (χ0n) is 10.2. The van der Waals surface area contributed by atoms with Crippen LogP contribution in [0.25, 0.3) is 0 Å². The van der Waals surface area contributed by atoms with Gasteiger partial charge in [0.05, 0.1) is 6.04 Å². The molecule has 0 spiro atoms. The molecule has 1 atom stereocenters. The van der Waals surface area contributed by atoms with Crippen LogP contribution in [-0.4, -0.2) is 32.5 Å². The van der Waals surface area contributed by atoms with E-state index in [-0.39, 0.29) is 18.2 Å². The highest BCUT2D eigenvalue weighted by Gasteiger charge is 2.17. The van der Waals surface area contributed by atoms with E-state index in [0.717, 1.165) is 19.3 Å². The fourth-order valence-corrected chi connectivity index (χ4v) is 1.43. The fraction of sp³-hybridized carbons (Fsp3) is 0.909. The molecule has 0 aromatic rings. The fourth-order valence-electron chi connectivity index (χ4n) is 1.43. The maximum atomic E-state index is 11.4. The highest BCUT2D eigenvalue weighted by atomic mass is 16.7. The topological polar surface area (TPSA) is 47.6 Å². The summed E-state index contributed by atoms with van der Waals surface area (Å²) in [6, 6.07) is -0.117. The van der Waals surface area contributed by atoms with Gasteiger partial charge in [-0.1, -0.05) is 19.8 Å². The molecule has 0 bridgehead atoms. The van der Waals surface area contributed by atoms with E-state index >= 15 is 0 Å². The molecule has 0 radical (unpaired) electrons. The predicted octanol–water partition coefficient (Wildman–Crippen LogP) is 1.69. The van der Waals surface area contributed by atoms with Crippen LogP contribution >= 0.6 is 0 Å². The van der Waals surface area contributed by atoms with Crippen LogP contribution < -0.4 is 5.32 Å². The summed E-state index contributed by atoms with van der Waals surface area (Å²) in [5, 5.41) is 2.85. The zero-order valence-corrected chi connectivity index (χ0v) is 10.2. The molecule has 1 unspecified atom stereocenters. The molecule has 1 N–H and O–H groups in total. The molecule has 1 amide bonds. The monoisotopic (exact) mass is 217 g/mol. The van der Waals surface area contributed by atoms with Crippen molar-refractivity contribution in [3.63, 3.8) is 0 Å². The lowest BCUT2D eigenvalue weighted by Crippen LogP contribution is -2.42. The summed E-state index contributed by atoms with van der Waals surface area (Å²) >= 11 is 0. The first-order valence-electron chi connectivity index (χ1n) is 5.50. The van der Waals surface area contributed by atoms with Crippen LogP contribution in [0.15, 0.2) is 0 Å². The molecule has 0 aliphatic carbocycles. The van der Waals surface area contributed by atoms with Gasteiger partial charge in [-0.25, -0.2) is 0 Å². The highest BCUT2D eigenvalue weighted by molar-refractivity contribution is 5.76. The van der Waals surface area contributed by atoms with E-state index in [2.05, 4.69) is 12.2 Å². The second-order valence-electron chi connectivity index (χ2n) is 3.65. The molecular formula is C11H23NO3. The molecule has 15 heavy (non-hydrogen) atoms. The maximum Gasteiger partial charge on any atom is 0.220 e. The van der Waals surface area contributed by atoms with E-state index in [9.17, 15) is 4.79 Å². The van der Waals surface area contributed by atoms with Gasteiger partial charge in [0, 0.05) is 20.6 Å². The smallest absolute Gasteiger partial charge is 0.220 e. The second-order valence-corrected chi connectivity index (χ2v) is 3.65. The minimum Gasteiger partial charge on any atom is -0.354 e. The van der Waals surface area contributed by atoms with Crippen LogP contribution in [0.2, 0.25) is 0 Å². The number of nitrogens with one attached hydrogen (secondary N) is 1. The zero-order chi connectivity index (χ0) is 11.7. The number of hydrogen-bond acceptors (Lipinski definition) is 3. The molecule has 0 rings (SSSR count). The van der Waals surface area contributed by atoms with Crippen molar-refractivity contribution in [1.82, 2.24) is 5.32 Å². The van der Waals surface area contributed by atoms with Gasteiger partial charge in [0.15, 0.2) is 6.29 Å². The van der Waals surface area contributed by atoms with E-state index in [1.807, 2.05) is 6.92 Å². The Kier molecular flexibility index (Phi) is 8.33. The molecule has 0 saturated carbocycles. The summed E-state index contributed by atoms with van der Waals surface area (Å²) in [6.07, 6.45) is 3.37. The molecule has 4 nitrogen and oxygen atoms in total. The number of carbonyl (C=O) groups is 1. The van der Waals surface area contributed by atoms with Gasteiger partial charge in [-0.05, 0) is 13.3 Å². The van der Waals surface area contributed by atoms with Gasteiger partial charge in [0.1, 0.15) is 0 Å². The second kappa shape index (κ2) is 8.68. The van der Waals surface area contributed by atoms with Crippen molar-refractivity contribution >= 4 is 5.91 Å². The molecular weight excluding hydrogens is 194 g/mol. The van der Waals surface area contributed by atoms with Gasteiger partial charge in [0.25, 0.3) is 0 Å². The predicted molar refractivity (Wildman–Crippen MR) is 59.6 cm³/mol. The van der Waals surface area contributed by atoms with Crippen molar-refractivity contribution in [2.45, 2.75) is 51.9 Å². The van der Waals surface area contributed by atoms with Crippen LogP contribution in [0.5, 0.6) is 0 Å². The van der Waals surface area contributed by atoms with Gasteiger partial charge >= 0.3 is 0 Å². The Morgan fingerprint density at radius 2 is 1.87 bits per heavy atom. The molecule has 0 aliphatic rings. The van der Waals surface area contributed by atoms with Crippen LogP contribution in [0.1, 0.15) is 39.5 Å². The van der Waals surface area contributed by atoms with Gasteiger partial charge < -0.3 is 14.8 Å². The Balaban J connectivity index is 3.74. The quantitative estimate of drug-likeness (QED) is 0.497. The first-order valence-corrected chi connectivity index (χ1v) is 5.50. The molecule has 0 aromatic heterocycles. The lowest BCUT2D eigenvalue weighted by molar-refractivity contribution is -0.135. The number of methoxy groups -OCH3 is 2. The van der Waals surface area contributed by atoms with Crippen molar-refractivity contribution < 1.29 is 14.3 Å². The molecule has 0 heterocycles. The molecule has 4 heteroatoms. The first-order chi connectivity index (χ1) is 7.15. The summed E-state index contributed by atoms with van der Waals surface area (Å²) in [6.45, 7) is 3.99. The summed E-state index contributed by atoms with van der Waals surface area (Å²) < 4.78 is 10.1. The molecule has 0 fully saturated rings. The van der Waals surface area contributed by atoms with Crippen LogP contribution in [0.3, 0.4) is 0 Å². The Bertz CT molecular complexity index is 169. The third-order valence-electron chi connectivity index (χ3n) is 2.27. The summed E-state index contributed by atoms with van der Waals surface area (Å²) in [5.41, 5.74) is 0. The summed E-state index contributed by atoms with van der Waals surface area (Å²) in [5.74, 6) is 0.0649. The van der Waals surface area contributed by atoms with Crippen LogP contribution in [-0.2, 0) is 14.3 Å². The minimum absolute atomic E-state index is 0.0649. The summed E-state index contributed by atoms with van der Waals surface area (Å²) in [7, 11) is 3.13. The third kappa shape index (κ3) is 6.47. The highest BCUT2D eigenvalue weighted by Crippen LogP contribution is 2.02. The average Bonchev–Trinajstić information content (AvgIpc) is 2.20. The van der Waals surface area contributed by atoms with Crippen molar-refractivity contribution in [3.05, 3.63) is 0 Å².